The van der Waals surface area contributed by atoms with Gasteiger partial charge in [-0.3, -0.25) is 0 Å². The van der Waals surface area contributed by atoms with Gasteiger partial charge in [-0.05, 0) is 73.6 Å². The Hall–Kier alpha value is -3.68. The summed E-state index contributed by atoms with van der Waals surface area (Å²) in [7, 11) is 0. The van der Waals surface area contributed by atoms with Crippen molar-refractivity contribution < 1.29 is 38.1 Å². The first-order chi connectivity index (χ1) is 28.8. The normalized spacial score (nSPS) is 11.1. The minimum absolute atomic E-state index is 0.291. The minimum Gasteiger partial charge on any atom is -0.462 e. The van der Waals surface area contributed by atoms with Gasteiger partial charge < -0.3 is 18.9 Å². The molecule has 60 heavy (non-hydrogen) atoms. The minimum atomic E-state index is -0.446. The van der Waals surface area contributed by atoms with Crippen molar-refractivity contribution >= 4 is 23.9 Å². The number of ether oxygens (including phenoxy) is 4. The number of benzene rings is 2. The Morgan fingerprint density at radius 1 is 0.317 bits per heavy atom. The van der Waals surface area contributed by atoms with Crippen molar-refractivity contribution in [2.24, 2.45) is 23.7 Å². The molecule has 0 saturated carbocycles. The van der Waals surface area contributed by atoms with Crippen molar-refractivity contribution in [3.05, 3.63) is 70.8 Å². The van der Waals surface area contributed by atoms with E-state index in [0.717, 1.165) is 101 Å². The molecule has 0 saturated heterocycles. The average Bonchev–Trinajstić information content (AvgIpc) is 3.21. The van der Waals surface area contributed by atoms with Gasteiger partial charge >= 0.3 is 23.9 Å². The summed E-state index contributed by atoms with van der Waals surface area (Å²) in [5.41, 5.74) is 1.16. The molecule has 0 aliphatic carbocycles. The second kappa shape index (κ2) is 35.0. The van der Waals surface area contributed by atoms with Gasteiger partial charge in [0, 0.05) is 0 Å². The molecule has 0 N–H and O–H groups in total. The molecular weight excluding hydrogens is 753 g/mol. The van der Waals surface area contributed by atoms with E-state index < -0.39 is 23.9 Å². The maximum absolute atomic E-state index is 12.4. The highest BCUT2D eigenvalue weighted by Crippen LogP contribution is 2.17. The number of carbonyl (C=O) groups excluding carboxylic acids is 4. The molecular formula is C52H84O8. The third-order valence-corrected chi connectivity index (χ3v) is 10.4. The molecule has 340 valence electrons. The van der Waals surface area contributed by atoms with Gasteiger partial charge in [0.25, 0.3) is 0 Å². The van der Waals surface area contributed by atoms with Crippen molar-refractivity contribution in [2.45, 2.75) is 184 Å². The van der Waals surface area contributed by atoms with Crippen molar-refractivity contribution in [2.75, 3.05) is 26.4 Å². The monoisotopic (exact) mass is 837 g/mol. The number of hydrogen-bond donors (Lipinski definition) is 0. The van der Waals surface area contributed by atoms with Crippen molar-refractivity contribution in [3.63, 3.8) is 0 Å². The van der Waals surface area contributed by atoms with Crippen LogP contribution in [0.3, 0.4) is 0 Å². The molecule has 0 spiro atoms. The zero-order valence-electron chi connectivity index (χ0n) is 39.2. The molecule has 0 fully saturated rings. The Morgan fingerprint density at radius 3 is 0.683 bits per heavy atom. The molecule has 2 rings (SSSR count). The van der Waals surface area contributed by atoms with Crippen molar-refractivity contribution in [1.82, 2.24) is 0 Å². The standard InChI is InChI=1S/2C26H42O4/c2*1-21(2)15-9-5-7-13-19-29-25(27)23-17-11-12-18-24(23)26(28)30-20-14-8-6-10-16-22(3)4/h2*11-12,17-18,21-22H,5-10,13-16,19-20H2,1-4H3. The Bertz CT molecular complexity index is 1220. The quantitative estimate of drug-likeness (QED) is 0.0407. The first-order valence-electron chi connectivity index (χ1n) is 23.7. The molecule has 2 aromatic rings. The van der Waals surface area contributed by atoms with E-state index in [0.29, 0.717) is 48.7 Å². The predicted octanol–water partition coefficient (Wildman–Crippen LogP) is 14.4. The zero-order chi connectivity index (χ0) is 44.4. The predicted molar refractivity (Wildman–Crippen MR) is 246 cm³/mol. The van der Waals surface area contributed by atoms with Crippen LogP contribution in [0.5, 0.6) is 0 Å². The van der Waals surface area contributed by atoms with E-state index >= 15 is 0 Å². The summed E-state index contributed by atoms with van der Waals surface area (Å²) in [5.74, 6) is 1.18. The lowest BCUT2D eigenvalue weighted by Crippen LogP contribution is -2.15. The summed E-state index contributed by atoms with van der Waals surface area (Å²) < 4.78 is 21.6. The largest absolute Gasteiger partial charge is 0.462 e. The van der Waals surface area contributed by atoms with Crippen molar-refractivity contribution in [1.29, 1.82) is 0 Å². The summed E-state index contributed by atoms with van der Waals surface area (Å²) in [5, 5.41) is 0. The zero-order valence-corrected chi connectivity index (χ0v) is 39.2. The maximum atomic E-state index is 12.4. The lowest BCUT2D eigenvalue weighted by atomic mass is 10.0. The summed E-state index contributed by atoms with van der Waals surface area (Å²) >= 11 is 0. The molecule has 8 heteroatoms. The first-order valence-corrected chi connectivity index (χ1v) is 23.7. The van der Waals surface area contributed by atoms with Crippen LogP contribution in [0.4, 0.5) is 0 Å². The summed E-state index contributed by atoms with van der Waals surface area (Å²) in [6.45, 7) is 19.4. The molecule has 0 unspecified atom stereocenters. The number of rotatable bonds is 32. The second-order valence-electron chi connectivity index (χ2n) is 18.0. The van der Waals surface area contributed by atoms with Crippen LogP contribution < -0.4 is 0 Å². The van der Waals surface area contributed by atoms with Crippen LogP contribution in [0.15, 0.2) is 48.5 Å². The average molecular weight is 837 g/mol. The maximum Gasteiger partial charge on any atom is 0.339 e. The van der Waals surface area contributed by atoms with Crippen LogP contribution in [0, 0.1) is 23.7 Å². The van der Waals surface area contributed by atoms with E-state index in [9.17, 15) is 19.2 Å². The number of carbonyl (C=O) groups is 4. The molecule has 0 aliphatic rings. The van der Waals surface area contributed by atoms with Crippen LogP contribution >= 0.6 is 0 Å². The molecule has 0 aromatic heterocycles. The van der Waals surface area contributed by atoms with Gasteiger partial charge in [-0.2, -0.15) is 0 Å². The van der Waals surface area contributed by atoms with Crippen LogP contribution in [0.1, 0.15) is 225 Å². The summed E-state index contributed by atoms with van der Waals surface area (Å²) in [4.78, 5) is 49.7. The molecule has 0 bridgehead atoms. The van der Waals surface area contributed by atoms with Crippen LogP contribution in [0.25, 0.3) is 0 Å². The van der Waals surface area contributed by atoms with Gasteiger partial charge in [0.2, 0.25) is 0 Å². The van der Waals surface area contributed by atoms with Crippen LogP contribution in [-0.4, -0.2) is 50.3 Å². The fourth-order valence-corrected chi connectivity index (χ4v) is 6.68. The number of hydrogen-bond acceptors (Lipinski definition) is 8. The van der Waals surface area contributed by atoms with Gasteiger partial charge in [-0.1, -0.05) is 182 Å². The van der Waals surface area contributed by atoms with E-state index in [1.54, 1.807) is 48.5 Å². The van der Waals surface area contributed by atoms with Crippen molar-refractivity contribution in [3.8, 4) is 0 Å². The molecule has 0 aliphatic heterocycles. The smallest absolute Gasteiger partial charge is 0.339 e. The Kier molecular flexibility index (Phi) is 31.7. The SMILES string of the molecule is CC(C)CCCCCCOC(=O)c1ccccc1C(=O)OCCCCCCC(C)C.CC(C)CCCCCCOC(=O)c1ccccc1C(=O)OCCCCCCC(C)C. The molecule has 0 atom stereocenters. The number of esters is 4. The highest BCUT2D eigenvalue weighted by Gasteiger charge is 2.20. The van der Waals surface area contributed by atoms with Gasteiger partial charge in [0.15, 0.2) is 0 Å². The van der Waals surface area contributed by atoms with Gasteiger partial charge in [0.1, 0.15) is 0 Å². The second-order valence-corrected chi connectivity index (χ2v) is 18.0. The van der Waals surface area contributed by atoms with E-state index in [4.69, 9.17) is 18.9 Å². The van der Waals surface area contributed by atoms with Crippen LogP contribution in [-0.2, 0) is 18.9 Å². The molecule has 8 nitrogen and oxygen atoms in total. The van der Waals surface area contributed by atoms with Gasteiger partial charge in [-0.25, -0.2) is 19.2 Å². The van der Waals surface area contributed by atoms with E-state index in [1.165, 1.54) is 51.4 Å². The topological polar surface area (TPSA) is 105 Å². The summed E-state index contributed by atoms with van der Waals surface area (Å²) in [6, 6.07) is 13.5. The first kappa shape index (κ1) is 54.3. The lowest BCUT2D eigenvalue weighted by molar-refractivity contribution is 0.0450. The van der Waals surface area contributed by atoms with E-state index in [1.807, 2.05) is 0 Å². The molecule has 0 amide bonds. The van der Waals surface area contributed by atoms with Gasteiger partial charge in [0.05, 0.1) is 48.7 Å². The Labute approximate surface area is 365 Å². The lowest BCUT2D eigenvalue weighted by Gasteiger charge is -2.10. The highest BCUT2D eigenvalue weighted by molar-refractivity contribution is 6.03. The molecule has 0 heterocycles. The molecule has 0 radical (unpaired) electrons. The summed E-state index contributed by atoms with van der Waals surface area (Å²) in [6.07, 6.45) is 22.1. The van der Waals surface area contributed by atoms with Gasteiger partial charge in [-0.15, -0.1) is 0 Å². The van der Waals surface area contributed by atoms with E-state index in [-0.39, 0.29) is 0 Å². The fourth-order valence-electron chi connectivity index (χ4n) is 6.68. The number of unbranched alkanes of at least 4 members (excludes halogenated alkanes) is 12. The third-order valence-electron chi connectivity index (χ3n) is 10.4. The highest BCUT2D eigenvalue weighted by atomic mass is 16.5. The Balaban J connectivity index is 0.000000600. The third kappa shape index (κ3) is 28.0. The van der Waals surface area contributed by atoms with Crippen LogP contribution in [0.2, 0.25) is 0 Å². The fraction of sp³-hybridized carbons (Fsp3) is 0.692. The van der Waals surface area contributed by atoms with E-state index in [2.05, 4.69) is 55.4 Å². The Morgan fingerprint density at radius 2 is 0.500 bits per heavy atom. The molecule has 2 aromatic carbocycles.